The van der Waals surface area contributed by atoms with Gasteiger partial charge in [-0.15, -0.1) is 0 Å². The minimum absolute atomic E-state index is 0.0421. The number of benzene rings is 2. The molecule has 1 heterocycles. The first-order chi connectivity index (χ1) is 13.1. The summed E-state index contributed by atoms with van der Waals surface area (Å²) in [5, 5.41) is 0.429. The highest BCUT2D eigenvalue weighted by molar-refractivity contribution is 6.31. The van der Waals surface area contributed by atoms with E-state index in [0.717, 1.165) is 0 Å². The van der Waals surface area contributed by atoms with Crippen LogP contribution in [0.4, 0.5) is 4.39 Å². The molecule has 3 rings (SSSR count). The third-order valence-electron chi connectivity index (χ3n) is 4.59. The van der Waals surface area contributed by atoms with E-state index in [1.165, 1.54) is 6.07 Å². The van der Waals surface area contributed by atoms with Crippen LogP contribution in [-0.2, 0) is 11.3 Å². The molecule has 0 spiro atoms. The first kappa shape index (κ1) is 19.5. The lowest BCUT2D eigenvalue weighted by Gasteiger charge is -2.34. The van der Waals surface area contributed by atoms with Crippen LogP contribution in [0.15, 0.2) is 42.5 Å². The highest BCUT2D eigenvalue weighted by atomic mass is 35.5. The number of carbonyl (C=O) groups excluding carboxylic acids is 1. The van der Waals surface area contributed by atoms with E-state index in [-0.39, 0.29) is 18.3 Å². The molecular weight excluding hydrogens is 371 g/mol. The lowest BCUT2D eigenvalue weighted by molar-refractivity contribution is -0.135. The monoisotopic (exact) mass is 392 g/mol. The lowest BCUT2D eigenvalue weighted by atomic mass is 10.2. The molecule has 7 heteroatoms. The van der Waals surface area contributed by atoms with E-state index >= 15 is 0 Å². The summed E-state index contributed by atoms with van der Waals surface area (Å²) < 4.78 is 24.7. The topological polar surface area (TPSA) is 42.0 Å². The smallest absolute Gasteiger partial charge is 0.260 e. The number of nitrogens with zero attached hydrogens (tertiary/aromatic N) is 2. The van der Waals surface area contributed by atoms with Gasteiger partial charge in [0.25, 0.3) is 5.91 Å². The summed E-state index contributed by atoms with van der Waals surface area (Å²) in [5.41, 5.74) is 0.499. The van der Waals surface area contributed by atoms with Crippen molar-refractivity contribution in [2.75, 3.05) is 39.9 Å². The highest BCUT2D eigenvalue weighted by Gasteiger charge is 2.23. The zero-order valence-electron chi connectivity index (χ0n) is 15.2. The summed E-state index contributed by atoms with van der Waals surface area (Å²) >= 11 is 6.09. The number of methoxy groups -OCH3 is 1. The molecule has 144 valence electrons. The fraction of sp³-hybridized carbons (Fsp3) is 0.350. The summed E-state index contributed by atoms with van der Waals surface area (Å²) in [6, 6.07) is 11.9. The number of hydrogen-bond acceptors (Lipinski definition) is 4. The maximum absolute atomic E-state index is 13.9. The Morgan fingerprint density at radius 3 is 2.44 bits per heavy atom. The van der Waals surface area contributed by atoms with Gasteiger partial charge in [-0.25, -0.2) is 4.39 Å². The van der Waals surface area contributed by atoms with Crippen molar-refractivity contribution in [1.29, 1.82) is 0 Å². The van der Waals surface area contributed by atoms with Crippen molar-refractivity contribution in [3.05, 3.63) is 58.9 Å². The van der Waals surface area contributed by atoms with Crippen molar-refractivity contribution in [3.63, 3.8) is 0 Å². The summed E-state index contributed by atoms with van der Waals surface area (Å²) in [6.45, 7) is 2.85. The van der Waals surface area contributed by atoms with E-state index in [4.69, 9.17) is 21.1 Å². The molecule has 2 aromatic carbocycles. The molecule has 0 radical (unpaired) electrons. The van der Waals surface area contributed by atoms with E-state index in [1.807, 2.05) is 12.1 Å². The Bertz CT molecular complexity index is 774. The molecule has 0 aliphatic carbocycles. The van der Waals surface area contributed by atoms with Crippen LogP contribution in [0, 0.1) is 5.82 Å². The second-order valence-corrected chi connectivity index (χ2v) is 6.70. The van der Waals surface area contributed by atoms with Crippen molar-refractivity contribution in [2.24, 2.45) is 0 Å². The van der Waals surface area contributed by atoms with Gasteiger partial charge in [0.1, 0.15) is 5.82 Å². The predicted molar refractivity (Wildman–Crippen MR) is 102 cm³/mol. The number of carbonyl (C=O) groups is 1. The summed E-state index contributed by atoms with van der Waals surface area (Å²) in [5.74, 6) is 0.758. The first-order valence-corrected chi connectivity index (χ1v) is 9.15. The van der Waals surface area contributed by atoms with Gasteiger partial charge in [-0.05, 0) is 24.3 Å². The first-order valence-electron chi connectivity index (χ1n) is 8.77. The van der Waals surface area contributed by atoms with E-state index in [0.29, 0.717) is 54.8 Å². The number of halogens is 2. The van der Waals surface area contributed by atoms with Crippen LogP contribution >= 0.6 is 11.6 Å². The van der Waals surface area contributed by atoms with Gasteiger partial charge >= 0.3 is 0 Å². The van der Waals surface area contributed by atoms with Gasteiger partial charge in [0, 0.05) is 43.3 Å². The quantitative estimate of drug-likeness (QED) is 0.757. The number of piperazine rings is 1. The molecule has 0 unspecified atom stereocenters. The lowest BCUT2D eigenvalue weighted by Crippen LogP contribution is -2.49. The molecule has 1 saturated heterocycles. The predicted octanol–water partition coefficient (Wildman–Crippen LogP) is 3.21. The summed E-state index contributed by atoms with van der Waals surface area (Å²) in [6.07, 6.45) is 0. The van der Waals surface area contributed by atoms with Crippen LogP contribution in [0.3, 0.4) is 0 Å². The molecule has 1 amide bonds. The van der Waals surface area contributed by atoms with Gasteiger partial charge < -0.3 is 14.4 Å². The molecule has 1 fully saturated rings. The van der Waals surface area contributed by atoms with Crippen LogP contribution in [0.25, 0.3) is 0 Å². The van der Waals surface area contributed by atoms with Gasteiger partial charge in [0.05, 0.1) is 7.11 Å². The van der Waals surface area contributed by atoms with Gasteiger partial charge in [-0.1, -0.05) is 29.8 Å². The third-order valence-corrected chi connectivity index (χ3v) is 4.94. The minimum atomic E-state index is -0.300. The summed E-state index contributed by atoms with van der Waals surface area (Å²) in [4.78, 5) is 16.3. The molecule has 0 saturated carbocycles. The molecular formula is C20H22ClFN2O3. The van der Waals surface area contributed by atoms with E-state index in [1.54, 1.807) is 36.3 Å². The van der Waals surface area contributed by atoms with Crippen molar-refractivity contribution in [1.82, 2.24) is 9.80 Å². The van der Waals surface area contributed by atoms with Crippen molar-refractivity contribution >= 4 is 17.5 Å². The van der Waals surface area contributed by atoms with E-state index in [9.17, 15) is 9.18 Å². The maximum Gasteiger partial charge on any atom is 0.260 e. The minimum Gasteiger partial charge on any atom is -0.493 e. The number of para-hydroxylation sites is 2. The van der Waals surface area contributed by atoms with Crippen LogP contribution in [0.2, 0.25) is 5.02 Å². The Hall–Kier alpha value is -2.31. The number of hydrogen-bond donors (Lipinski definition) is 0. The van der Waals surface area contributed by atoms with Crippen molar-refractivity contribution in [3.8, 4) is 11.5 Å². The molecule has 0 N–H and O–H groups in total. The van der Waals surface area contributed by atoms with Crippen LogP contribution in [0.1, 0.15) is 5.56 Å². The van der Waals surface area contributed by atoms with Crippen LogP contribution in [-0.4, -0.2) is 55.6 Å². The van der Waals surface area contributed by atoms with Gasteiger partial charge in [-0.3, -0.25) is 9.69 Å². The molecule has 5 nitrogen and oxygen atoms in total. The summed E-state index contributed by atoms with van der Waals surface area (Å²) in [7, 11) is 1.56. The Balaban J connectivity index is 1.49. The Morgan fingerprint density at radius 1 is 1.07 bits per heavy atom. The second kappa shape index (κ2) is 9.06. The third kappa shape index (κ3) is 4.90. The zero-order valence-corrected chi connectivity index (χ0v) is 15.9. The Morgan fingerprint density at radius 2 is 1.78 bits per heavy atom. The molecule has 0 aromatic heterocycles. The molecule has 0 atom stereocenters. The molecule has 2 aromatic rings. The second-order valence-electron chi connectivity index (χ2n) is 6.30. The molecule has 27 heavy (non-hydrogen) atoms. The molecule has 1 aliphatic rings. The SMILES string of the molecule is COc1ccccc1OCC(=O)N1CCN(Cc2c(F)cccc2Cl)CC1. The Labute approximate surface area is 163 Å². The van der Waals surface area contributed by atoms with Gasteiger partial charge in [0.2, 0.25) is 0 Å². The fourth-order valence-corrected chi connectivity index (χ4v) is 3.25. The number of ether oxygens (including phenoxy) is 2. The van der Waals surface area contributed by atoms with E-state index < -0.39 is 0 Å². The maximum atomic E-state index is 13.9. The number of rotatable bonds is 6. The normalized spacial score (nSPS) is 14.9. The molecule has 1 aliphatic heterocycles. The van der Waals surface area contributed by atoms with Gasteiger partial charge in [-0.2, -0.15) is 0 Å². The van der Waals surface area contributed by atoms with Gasteiger partial charge in [0.15, 0.2) is 18.1 Å². The average Bonchev–Trinajstić information content (AvgIpc) is 2.69. The average molecular weight is 393 g/mol. The highest BCUT2D eigenvalue weighted by Crippen LogP contribution is 2.26. The number of amides is 1. The fourth-order valence-electron chi connectivity index (χ4n) is 3.03. The van der Waals surface area contributed by atoms with Crippen molar-refractivity contribution < 1.29 is 18.7 Å². The molecule has 0 bridgehead atoms. The standard InChI is InChI=1S/C20H22ClFN2O3/c1-26-18-7-2-3-8-19(18)27-14-20(25)24-11-9-23(10-12-24)13-15-16(21)5-4-6-17(15)22/h2-8H,9-14H2,1H3. The van der Waals surface area contributed by atoms with E-state index in [2.05, 4.69) is 4.90 Å². The van der Waals surface area contributed by atoms with Crippen LogP contribution < -0.4 is 9.47 Å². The van der Waals surface area contributed by atoms with Crippen molar-refractivity contribution in [2.45, 2.75) is 6.54 Å². The zero-order chi connectivity index (χ0) is 19.2. The van der Waals surface area contributed by atoms with Crippen LogP contribution in [0.5, 0.6) is 11.5 Å². The largest absolute Gasteiger partial charge is 0.493 e. The Kier molecular flexibility index (Phi) is 6.53.